The Bertz CT molecular complexity index is 234. The van der Waals surface area contributed by atoms with E-state index in [0.717, 1.165) is 19.4 Å². The lowest BCUT2D eigenvalue weighted by Gasteiger charge is -2.29. The molecule has 0 heterocycles. The normalized spacial score (nSPS) is 12.6. The summed E-state index contributed by atoms with van der Waals surface area (Å²) in [5.74, 6) is -0.183. The Morgan fingerprint density at radius 1 is 1.22 bits per heavy atom. The minimum atomic E-state index is -0.418. The average molecular weight is 259 g/mol. The highest BCUT2D eigenvalue weighted by molar-refractivity contribution is 5.70. The first kappa shape index (κ1) is 17.4. The Kier molecular flexibility index (Phi) is 7.48. The molecule has 0 aliphatic carbocycles. The predicted molar refractivity (Wildman–Crippen MR) is 73.4 cm³/mol. The third kappa shape index (κ3) is 6.97. The first-order valence-electron chi connectivity index (χ1n) is 6.82. The van der Waals surface area contributed by atoms with Gasteiger partial charge in [0.1, 0.15) is 5.60 Å². The molecule has 0 aliphatic rings. The molecule has 2 N–H and O–H groups in total. The number of hydrogen-bond acceptors (Lipinski definition) is 4. The van der Waals surface area contributed by atoms with Crippen molar-refractivity contribution in [1.29, 1.82) is 0 Å². The number of carbonyl (C=O) groups excluding carboxylic acids is 1. The molecule has 0 saturated carbocycles. The largest absolute Gasteiger partial charge is 0.460 e. The number of rotatable bonds is 8. The summed E-state index contributed by atoms with van der Waals surface area (Å²) in [6, 6.07) is 0. The fraction of sp³-hybridized carbons (Fsp3) is 0.929. The van der Waals surface area contributed by atoms with Gasteiger partial charge in [0.2, 0.25) is 0 Å². The minimum Gasteiger partial charge on any atom is -0.460 e. The molecule has 0 radical (unpaired) electrons. The first-order valence-corrected chi connectivity index (χ1v) is 6.82. The second-order valence-corrected chi connectivity index (χ2v) is 5.88. The molecule has 4 nitrogen and oxygen atoms in total. The monoisotopic (exact) mass is 259 g/mol. The third-order valence-corrected chi connectivity index (χ3v) is 3.26. The molecule has 0 amide bonds. The van der Waals surface area contributed by atoms with Crippen LogP contribution in [0.25, 0.3) is 0 Å². The Hall–Kier alpha value is -0.610. The summed E-state index contributed by atoms with van der Waals surface area (Å²) >= 11 is 0. The van der Waals surface area contributed by atoms with E-state index in [4.69, 9.17) is 4.74 Å². The van der Waals surface area contributed by atoms with Gasteiger partial charge in [-0.1, -0.05) is 13.8 Å². The van der Waals surface area contributed by atoms with E-state index in [0.29, 0.717) is 13.0 Å². The highest BCUT2D eigenvalue weighted by Gasteiger charge is 2.24. The molecule has 0 atom stereocenters. The van der Waals surface area contributed by atoms with Crippen molar-refractivity contribution in [2.75, 3.05) is 19.7 Å². The van der Waals surface area contributed by atoms with Crippen LogP contribution in [0.15, 0.2) is 0 Å². The van der Waals surface area contributed by atoms with Crippen molar-refractivity contribution in [1.82, 2.24) is 5.32 Å². The van der Waals surface area contributed by atoms with Gasteiger partial charge < -0.3 is 15.2 Å². The van der Waals surface area contributed by atoms with Crippen LogP contribution in [0.3, 0.4) is 0 Å². The van der Waals surface area contributed by atoms with Crippen LogP contribution in [-0.4, -0.2) is 36.4 Å². The molecule has 0 aromatic rings. The van der Waals surface area contributed by atoms with E-state index in [1.54, 1.807) is 0 Å². The third-order valence-electron chi connectivity index (χ3n) is 3.26. The number of ether oxygens (including phenoxy) is 1. The van der Waals surface area contributed by atoms with Gasteiger partial charge in [-0.05, 0) is 33.6 Å². The molecule has 0 aliphatic heterocycles. The van der Waals surface area contributed by atoms with Crippen molar-refractivity contribution < 1.29 is 14.6 Å². The van der Waals surface area contributed by atoms with Crippen molar-refractivity contribution in [2.24, 2.45) is 5.41 Å². The molecule has 108 valence electrons. The van der Waals surface area contributed by atoms with Gasteiger partial charge in [-0.2, -0.15) is 0 Å². The van der Waals surface area contributed by atoms with Gasteiger partial charge in [-0.15, -0.1) is 0 Å². The van der Waals surface area contributed by atoms with Crippen molar-refractivity contribution in [2.45, 2.75) is 59.5 Å². The van der Waals surface area contributed by atoms with Gasteiger partial charge in [-0.3, -0.25) is 4.79 Å². The van der Waals surface area contributed by atoms with Crippen LogP contribution < -0.4 is 5.32 Å². The zero-order chi connectivity index (χ0) is 14.2. The average Bonchev–Trinajstić information content (AvgIpc) is 2.28. The Balaban J connectivity index is 3.89. The molecule has 0 aromatic carbocycles. The molecular formula is C14H29NO3. The van der Waals surface area contributed by atoms with E-state index in [-0.39, 0.29) is 18.0 Å². The van der Waals surface area contributed by atoms with E-state index in [1.165, 1.54) is 0 Å². The second kappa shape index (κ2) is 7.74. The number of carbonyl (C=O) groups is 1. The molecule has 0 saturated heterocycles. The van der Waals surface area contributed by atoms with Crippen LogP contribution in [0, 0.1) is 5.41 Å². The van der Waals surface area contributed by atoms with Crippen LogP contribution in [0.2, 0.25) is 0 Å². The van der Waals surface area contributed by atoms with Crippen molar-refractivity contribution >= 4 is 5.97 Å². The molecule has 0 fully saturated rings. The summed E-state index contributed by atoms with van der Waals surface area (Å²) in [5.41, 5.74) is -0.479. The van der Waals surface area contributed by atoms with E-state index >= 15 is 0 Å². The van der Waals surface area contributed by atoms with E-state index in [9.17, 15) is 9.90 Å². The number of aliphatic hydroxyl groups is 1. The van der Waals surface area contributed by atoms with Crippen molar-refractivity contribution in [3.05, 3.63) is 0 Å². The molecule has 4 heteroatoms. The maximum Gasteiger partial charge on any atom is 0.307 e. The highest BCUT2D eigenvalue weighted by atomic mass is 16.6. The van der Waals surface area contributed by atoms with Crippen molar-refractivity contribution in [3.63, 3.8) is 0 Å². The quantitative estimate of drug-likeness (QED) is 0.518. The smallest absolute Gasteiger partial charge is 0.307 e. The number of nitrogens with one attached hydrogen (secondary N) is 1. The first-order chi connectivity index (χ1) is 8.28. The zero-order valence-electron chi connectivity index (χ0n) is 12.5. The molecule has 0 unspecified atom stereocenters. The van der Waals surface area contributed by atoms with Crippen LogP contribution >= 0.6 is 0 Å². The molecule has 18 heavy (non-hydrogen) atoms. The lowest BCUT2D eigenvalue weighted by Crippen LogP contribution is -2.37. The lowest BCUT2D eigenvalue weighted by atomic mass is 9.83. The van der Waals surface area contributed by atoms with Gasteiger partial charge in [-0.25, -0.2) is 0 Å². The maximum atomic E-state index is 11.5. The number of esters is 1. The fourth-order valence-corrected chi connectivity index (χ4v) is 1.72. The predicted octanol–water partition coefficient (Wildman–Crippen LogP) is 2.11. The van der Waals surface area contributed by atoms with Crippen LogP contribution in [0.1, 0.15) is 53.9 Å². The second-order valence-electron chi connectivity index (χ2n) is 5.88. The maximum absolute atomic E-state index is 11.5. The van der Waals surface area contributed by atoms with Crippen LogP contribution in [0.5, 0.6) is 0 Å². The van der Waals surface area contributed by atoms with Crippen LogP contribution in [0.4, 0.5) is 0 Å². The van der Waals surface area contributed by atoms with E-state index in [2.05, 4.69) is 19.2 Å². The molecule has 0 bridgehead atoms. The van der Waals surface area contributed by atoms with Gasteiger partial charge in [0.15, 0.2) is 0 Å². The topological polar surface area (TPSA) is 58.6 Å². The molecule has 0 aromatic heterocycles. The molecular weight excluding hydrogens is 230 g/mol. The Labute approximate surface area is 111 Å². The van der Waals surface area contributed by atoms with E-state index in [1.807, 2.05) is 20.8 Å². The molecule has 0 spiro atoms. The van der Waals surface area contributed by atoms with Gasteiger partial charge in [0.05, 0.1) is 6.42 Å². The molecule has 0 rings (SSSR count). The SMILES string of the molecule is CCC(CC)(CO)CNCCC(=O)OC(C)(C)C. The fourth-order valence-electron chi connectivity index (χ4n) is 1.72. The summed E-state index contributed by atoms with van der Waals surface area (Å²) in [6.45, 7) is 11.3. The summed E-state index contributed by atoms with van der Waals surface area (Å²) in [7, 11) is 0. The Morgan fingerprint density at radius 3 is 2.17 bits per heavy atom. The van der Waals surface area contributed by atoms with Gasteiger partial charge in [0.25, 0.3) is 0 Å². The minimum absolute atomic E-state index is 0.0616. The summed E-state index contributed by atoms with van der Waals surface area (Å²) in [6.07, 6.45) is 2.23. The summed E-state index contributed by atoms with van der Waals surface area (Å²) in [5, 5.41) is 12.6. The Morgan fingerprint density at radius 2 is 1.78 bits per heavy atom. The standard InChI is InChI=1S/C14H29NO3/c1-6-14(7-2,11-16)10-15-9-8-12(17)18-13(3,4)5/h15-16H,6-11H2,1-5H3. The number of aliphatic hydroxyl groups excluding tert-OH is 1. The number of hydrogen-bond donors (Lipinski definition) is 2. The van der Waals surface area contributed by atoms with Crippen molar-refractivity contribution in [3.8, 4) is 0 Å². The zero-order valence-corrected chi connectivity index (χ0v) is 12.5. The lowest BCUT2D eigenvalue weighted by molar-refractivity contribution is -0.154. The highest BCUT2D eigenvalue weighted by Crippen LogP contribution is 2.24. The van der Waals surface area contributed by atoms with Gasteiger partial charge in [0, 0.05) is 25.1 Å². The summed E-state index contributed by atoms with van der Waals surface area (Å²) in [4.78, 5) is 11.5. The van der Waals surface area contributed by atoms with E-state index < -0.39 is 5.60 Å². The van der Waals surface area contributed by atoms with Gasteiger partial charge >= 0.3 is 5.97 Å². The van der Waals surface area contributed by atoms with Crippen LogP contribution in [-0.2, 0) is 9.53 Å². The summed E-state index contributed by atoms with van der Waals surface area (Å²) < 4.78 is 5.22.